The van der Waals surface area contributed by atoms with Crippen LogP contribution in [0.2, 0.25) is 0 Å². The average Bonchev–Trinajstić information content (AvgIpc) is 3.26. The number of halogens is 1. The third-order valence-electron chi connectivity index (χ3n) is 5.16. The van der Waals surface area contributed by atoms with Crippen molar-refractivity contribution in [1.29, 1.82) is 0 Å². The van der Waals surface area contributed by atoms with Gasteiger partial charge in [0.15, 0.2) is 0 Å². The largest absolute Gasteiger partial charge is 0.325 e. The summed E-state index contributed by atoms with van der Waals surface area (Å²) in [5.41, 5.74) is 4.52. The van der Waals surface area contributed by atoms with Gasteiger partial charge in [-0.3, -0.25) is 14.7 Å². The third kappa shape index (κ3) is 6.78. The predicted octanol–water partition coefficient (Wildman–Crippen LogP) is 5.34. The van der Waals surface area contributed by atoms with Gasteiger partial charge in [-0.25, -0.2) is 9.37 Å². The lowest BCUT2D eigenvalue weighted by Gasteiger charge is -2.22. The minimum absolute atomic E-state index is 0.107. The second kappa shape index (κ2) is 10.9. The molecule has 0 fully saturated rings. The smallest absolute Gasteiger partial charge is 0.238 e. The first-order valence-corrected chi connectivity index (χ1v) is 11.6. The Hall–Kier alpha value is -3.42. The molecule has 0 aliphatic carbocycles. The number of thiazole rings is 1. The molecule has 0 bridgehead atoms. The van der Waals surface area contributed by atoms with Crippen molar-refractivity contribution in [3.63, 3.8) is 0 Å². The summed E-state index contributed by atoms with van der Waals surface area (Å²) in [5, 5.41) is 6.02. The van der Waals surface area contributed by atoms with Gasteiger partial charge in [-0.1, -0.05) is 30.3 Å². The molecule has 168 valence electrons. The van der Waals surface area contributed by atoms with E-state index >= 15 is 0 Å². The predicted molar refractivity (Wildman–Crippen MR) is 131 cm³/mol. The van der Waals surface area contributed by atoms with E-state index in [1.54, 1.807) is 29.7 Å². The first kappa shape index (κ1) is 22.8. The number of rotatable bonds is 9. The molecule has 0 radical (unpaired) electrons. The van der Waals surface area contributed by atoms with Gasteiger partial charge in [-0.05, 0) is 48.9 Å². The van der Waals surface area contributed by atoms with Crippen LogP contribution >= 0.6 is 11.3 Å². The van der Waals surface area contributed by atoms with Crippen LogP contribution < -0.4 is 5.32 Å². The number of aromatic nitrogens is 2. The number of nitrogens with one attached hydrogen (secondary N) is 1. The van der Waals surface area contributed by atoms with E-state index in [1.807, 2.05) is 59.7 Å². The second-order valence-corrected chi connectivity index (χ2v) is 8.85. The summed E-state index contributed by atoms with van der Waals surface area (Å²) < 4.78 is 13.3. The number of aryl methyl sites for hydroxylation is 1. The second-order valence-electron chi connectivity index (χ2n) is 7.79. The highest BCUT2D eigenvalue weighted by atomic mass is 32.1. The van der Waals surface area contributed by atoms with Gasteiger partial charge in [-0.2, -0.15) is 0 Å². The van der Waals surface area contributed by atoms with Crippen molar-refractivity contribution >= 4 is 22.9 Å². The highest BCUT2D eigenvalue weighted by molar-refractivity contribution is 7.09. The molecule has 33 heavy (non-hydrogen) atoms. The molecule has 1 amide bonds. The molecule has 0 saturated carbocycles. The number of pyridine rings is 1. The highest BCUT2D eigenvalue weighted by Crippen LogP contribution is 2.24. The van der Waals surface area contributed by atoms with Gasteiger partial charge in [0.05, 0.1) is 17.2 Å². The zero-order chi connectivity index (χ0) is 23.0. The summed E-state index contributed by atoms with van der Waals surface area (Å²) in [7, 11) is 0. The van der Waals surface area contributed by atoms with Gasteiger partial charge in [0.25, 0.3) is 0 Å². The Morgan fingerprint density at radius 3 is 2.67 bits per heavy atom. The highest BCUT2D eigenvalue weighted by Gasteiger charge is 2.13. The van der Waals surface area contributed by atoms with E-state index < -0.39 is 0 Å². The van der Waals surface area contributed by atoms with Crippen LogP contribution in [0.15, 0.2) is 78.3 Å². The Morgan fingerprint density at radius 2 is 1.94 bits per heavy atom. The molecule has 0 saturated heterocycles. The summed E-state index contributed by atoms with van der Waals surface area (Å²) in [6, 6.07) is 19.9. The van der Waals surface area contributed by atoms with E-state index in [0.717, 1.165) is 33.2 Å². The lowest BCUT2D eigenvalue weighted by atomic mass is 10.1. The Morgan fingerprint density at radius 1 is 1.09 bits per heavy atom. The first-order valence-electron chi connectivity index (χ1n) is 10.7. The van der Waals surface area contributed by atoms with E-state index in [-0.39, 0.29) is 18.3 Å². The van der Waals surface area contributed by atoms with Crippen LogP contribution in [0.25, 0.3) is 11.3 Å². The zero-order valence-electron chi connectivity index (χ0n) is 18.4. The monoisotopic (exact) mass is 460 g/mol. The fraction of sp³-hybridized carbons (Fsp3) is 0.192. The van der Waals surface area contributed by atoms with Crippen LogP contribution in [0, 0.1) is 12.7 Å². The van der Waals surface area contributed by atoms with Crippen LogP contribution in [0.5, 0.6) is 0 Å². The number of anilines is 1. The standard InChI is InChI=1S/C26H25FN4OS/c1-19-29-25(18-33-19)21-5-4-7-24(15-21)30-26(32)17-31(14-12-23-6-2-3-13-28-23)16-20-8-10-22(27)11-9-20/h2-11,13,15,18H,12,14,16-17H2,1H3,(H,30,32). The van der Waals surface area contributed by atoms with E-state index in [2.05, 4.69) is 15.3 Å². The average molecular weight is 461 g/mol. The van der Waals surface area contributed by atoms with E-state index in [1.165, 1.54) is 12.1 Å². The van der Waals surface area contributed by atoms with Gasteiger partial charge in [0, 0.05) is 48.0 Å². The van der Waals surface area contributed by atoms with Crippen LogP contribution in [0.4, 0.5) is 10.1 Å². The van der Waals surface area contributed by atoms with Crippen molar-refractivity contribution < 1.29 is 9.18 Å². The van der Waals surface area contributed by atoms with Crippen LogP contribution in [-0.4, -0.2) is 33.9 Å². The Kier molecular flexibility index (Phi) is 7.55. The van der Waals surface area contributed by atoms with Gasteiger partial charge < -0.3 is 5.32 Å². The molecule has 2 aromatic heterocycles. The molecule has 7 heteroatoms. The van der Waals surface area contributed by atoms with Crippen LogP contribution in [-0.2, 0) is 17.8 Å². The number of amides is 1. The number of hydrogen-bond acceptors (Lipinski definition) is 5. The minimum Gasteiger partial charge on any atom is -0.325 e. The topological polar surface area (TPSA) is 58.1 Å². The maximum atomic E-state index is 13.3. The van der Waals surface area contributed by atoms with Crippen molar-refractivity contribution in [3.8, 4) is 11.3 Å². The number of benzene rings is 2. The quantitative estimate of drug-likeness (QED) is 0.367. The lowest BCUT2D eigenvalue weighted by Crippen LogP contribution is -2.34. The molecule has 0 aliphatic heterocycles. The van der Waals surface area contributed by atoms with Gasteiger partial charge in [-0.15, -0.1) is 11.3 Å². The SMILES string of the molecule is Cc1nc(-c2cccc(NC(=O)CN(CCc3ccccn3)Cc3ccc(F)cc3)c2)cs1. The molecule has 4 aromatic rings. The lowest BCUT2D eigenvalue weighted by molar-refractivity contribution is -0.117. The van der Waals surface area contributed by atoms with Crippen molar-refractivity contribution in [2.45, 2.75) is 19.9 Å². The maximum absolute atomic E-state index is 13.3. The molecule has 2 heterocycles. The Bertz CT molecular complexity index is 1190. The van der Waals surface area contributed by atoms with Crippen molar-refractivity contribution in [3.05, 3.63) is 100 Å². The molecule has 0 spiro atoms. The van der Waals surface area contributed by atoms with Gasteiger partial charge in [0.2, 0.25) is 5.91 Å². The van der Waals surface area contributed by atoms with Gasteiger partial charge in [0.1, 0.15) is 5.82 Å². The van der Waals surface area contributed by atoms with Crippen LogP contribution in [0.1, 0.15) is 16.3 Å². The summed E-state index contributed by atoms with van der Waals surface area (Å²) >= 11 is 1.60. The van der Waals surface area contributed by atoms with E-state index in [0.29, 0.717) is 19.5 Å². The number of hydrogen-bond donors (Lipinski definition) is 1. The first-order chi connectivity index (χ1) is 16.0. The van der Waals surface area contributed by atoms with Crippen LogP contribution in [0.3, 0.4) is 0 Å². The summed E-state index contributed by atoms with van der Waals surface area (Å²) in [6.45, 7) is 3.38. The number of carbonyl (C=O) groups excluding carboxylic acids is 1. The van der Waals surface area contributed by atoms with Crippen molar-refractivity contribution in [1.82, 2.24) is 14.9 Å². The minimum atomic E-state index is -0.272. The third-order valence-corrected chi connectivity index (χ3v) is 5.93. The molecule has 0 unspecified atom stereocenters. The Labute approximate surface area is 197 Å². The van der Waals surface area contributed by atoms with Crippen molar-refractivity contribution in [2.24, 2.45) is 0 Å². The van der Waals surface area contributed by atoms with E-state index in [4.69, 9.17) is 0 Å². The van der Waals surface area contributed by atoms with Gasteiger partial charge >= 0.3 is 0 Å². The molecule has 0 atom stereocenters. The number of nitrogens with zero attached hydrogens (tertiary/aromatic N) is 3. The fourth-order valence-corrected chi connectivity index (χ4v) is 4.16. The molecule has 1 N–H and O–H groups in total. The molecule has 2 aromatic carbocycles. The Balaban J connectivity index is 1.43. The summed E-state index contributed by atoms with van der Waals surface area (Å²) in [4.78, 5) is 23.8. The molecular formula is C26H25FN4OS. The molecule has 5 nitrogen and oxygen atoms in total. The molecule has 0 aliphatic rings. The summed E-state index contributed by atoms with van der Waals surface area (Å²) in [6.07, 6.45) is 2.48. The number of carbonyl (C=O) groups is 1. The fourth-order valence-electron chi connectivity index (χ4n) is 3.54. The summed E-state index contributed by atoms with van der Waals surface area (Å²) in [5.74, 6) is -0.378. The maximum Gasteiger partial charge on any atom is 0.238 e. The van der Waals surface area contributed by atoms with Crippen molar-refractivity contribution in [2.75, 3.05) is 18.4 Å². The molecule has 4 rings (SSSR count). The normalized spacial score (nSPS) is 11.0. The molecular weight excluding hydrogens is 435 g/mol. The zero-order valence-corrected chi connectivity index (χ0v) is 19.2. The van der Waals surface area contributed by atoms with E-state index in [9.17, 15) is 9.18 Å².